The summed E-state index contributed by atoms with van der Waals surface area (Å²) in [7, 11) is 0. The van der Waals surface area contributed by atoms with Crippen LogP contribution in [0.1, 0.15) is 40.5 Å². The van der Waals surface area contributed by atoms with E-state index >= 15 is 0 Å². The largest absolute Gasteiger partial charge is 0.375 e. The minimum Gasteiger partial charge on any atom is -0.375 e. The van der Waals surface area contributed by atoms with Crippen molar-refractivity contribution >= 4 is 22.6 Å². The molecule has 1 amide bonds. The summed E-state index contributed by atoms with van der Waals surface area (Å²) in [6, 6.07) is 11.7. The lowest BCUT2D eigenvalue weighted by Gasteiger charge is -2.31. The summed E-state index contributed by atoms with van der Waals surface area (Å²) in [5.41, 5.74) is 4.64. The van der Waals surface area contributed by atoms with Gasteiger partial charge in [0.15, 0.2) is 0 Å². The number of hydrogen-bond donors (Lipinski definition) is 1. The summed E-state index contributed by atoms with van der Waals surface area (Å²) < 4.78 is 5.56. The number of hydrogen-bond acceptors (Lipinski definition) is 8. The Balaban J connectivity index is 1.20. The molecule has 5 heterocycles. The first-order valence-corrected chi connectivity index (χ1v) is 12.3. The molecule has 0 saturated carbocycles. The van der Waals surface area contributed by atoms with E-state index in [1.807, 2.05) is 25.1 Å². The molecule has 2 aliphatic heterocycles. The van der Waals surface area contributed by atoms with Crippen LogP contribution in [-0.4, -0.2) is 45.5 Å². The van der Waals surface area contributed by atoms with Crippen molar-refractivity contribution in [2.45, 2.75) is 31.9 Å². The Morgan fingerprint density at radius 1 is 1.16 bits per heavy atom. The molecule has 1 saturated heterocycles. The molecule has 0 aliphatic carbocycles. The van der Waals surface area contributed by atoms with Crippen molar-refractivity contribution < 1.29 is 9.53 Å². The summed E-state index contributed by atoms with van der Waals surface area (Å²) in [4.78, 5) is 33.3. The minimum atomic E-state index is -0.770. The van der Waals surface area contributed by atoms with Crippen molar-refractivity contribution in [1.29, 1.82) is 5.26 Å². The fraction of sp³-hybridized carbons (Fsp3) is 0.286. The highest BCUT2D eigenvalue weighted by Gasteiger charge is 2.33. The normalized spacial score (nSPS) is 18.5. The molecule has 37 heavy (non-hydrogen) atoms. The molecule has 3 aromatic heterocycles. The number of nitrogens with one attached hydrogen (secondary N) is 1. The van der Waals surface area contributed by atoms with Crippen LogP contribution in [-0.2, 0) is 23.3 Å². The van der Waals surface area contributed by atoms with Gasteiger partial charge in [0.05, 0.1) is 61.3 Å². The van der Waals surface area contributed by atoms with Crippen molar-refractivity contribution in [3.63, 3.8) is 0 Å². The Bertz CT molecular complexity index is 1560. The molecule has 1 fully saturated rings. The van der Waals surface area contributed by atoms with Crippen LogP contribution in [0.25, 0.3) is 22.2 Å². The van der Waals surface area contributed by atoms with Crippen LogP contribution in [0.15, 0.2) is 55.1 Å². The van der Waals surface area contributed by atoms with Gasteiger partial charge in [-0.1, -0.05) is 6.07 Å². The minimum absolute atomic E-state index is 0.221. The van der Waals surface area contributed by atoms with E-state index in [0.29, 0.717) is 24.5 Å². The Labute approximate surface area is 214 Å². The van der Waals surface area contributed by atoms with Crippen LogP contribution < -0.4 is 10.2 Å². The molecule has 1 N–H and O–H groups in total. The zero-order valence-electron chi connectivity index (χ0n) is 20.4. The van der Waals surface area contributed by atoms with Crippen molar-refractivity contribution in [3.05, 3.63) is 77.5 Å². The van der Waals surface area contributed by atoms with Crippen LogP contribution >= 0.6 is 0 Å². The number of amides is 1. The molecule has 6 rings (SSSR count). The van der Waals surface area contributed by atoms with Gasteiger partial charge >= 0.3 is 0 Å². The molecule has 9 heteroatoms. The number of fused-ring (bicyclic) bond motifs is 2. The topological polar surface area (TPSA) is 117 Å². The number of rotatable bonds is 5. The summed E-state index contributed by atoms with van der Waals surface area (Å²) in [5.74, 6) is 0.660. The predicted molar refractivity (Wildman–Crippen MR) is 138 cm³/mol. The molecule has 184 valence electrons. The van der Waals surface area contributed by atoms with Crippen LogP contribution in [0, 0.1) is 11.3 Å². The third-order valence-electron chi connectivity index (χ3n) is 7.01. The van der Waals surface area contributed by atoms with Gasteiger partial charge in [-0.2, -0.15) is 5.26 Å². The summed E-state index contributed by atoms with van der Waals surface area (Å²) >= 11 is 0. The zero-order chi connectivity index (χ0) is 25.4. The molecule has 1 atom stereocenters. The lowest BCUT2D eigenvalue weighted by Crippen LogP contribution is -2.37. The van der Waals surface area contributed by atoms with Gasteiger partial charge in [-0.3, -0.25) is 19.7 Å². The molecule has 0 bridgehead atoms. The molecule has 0 spiro atoms. The van der Waals surface area contributed by atoms with E-state index in [2.05, 4.69) is 31.2 Å². The van der Waals surface area contributed by atoms with Crippen molar-refractivity contribution in [2.24, 2.45) is 0 Å². The average Bonchev–Trinajstić information content (AvgIpc) is 2.90. The van der Waals surface area contributed by atoms with Crippen LogP contribution in [0.4, 0.5) is 5.82 Å². The highest BCUT2D eigenvalue weighted by atomic mass is 16.5. The molecule has 1 aromatic carbocycles. The Morgan fingerprint density at radius 3 is 2.86 bits per heavy atom. The van der Waals surface area contributed by atoms with Gasteiger partial charge in [-0.25, -0.2) is 4.98 Å². The number of anilines is 1. The molecule has 0 radical (unpaired) electrons. The molecule has 4 aromatic rings. The fourth-order valence-electron chi connectivity index (χ4n) is 4.67. The van der Waals surface area contributed by atoms with Crippen molar-refractivity contribution in [3.8, 4) is 17.3 Å². The van der Waals surface area contributed by atoms with E-state index in [1.165, 1.54) is 6.42 Å². The average molecular weight is 492 g/mol. The second kappa shape index (κ2) is 9.22. The van der Waals surface area contributed by atoms with Gasteiger partial charge in [0.2, 0.25) is 0 Å². The fourth-order valence-corrected chi connectivity index (χ4v) is 4.67. The maximum atomic E-state index is 12.9. The van der Waals surface area contributed by atoms with Gasteiger partial charge in [0.25, 0.3) is 5.91 Å². The third-order valence-corrected chi connectivity index (χ3v) is 7.01. The lowest BCUT2D eigenvalue weighted by molar-refractivity contribution is 0.0757. The number of carbonyl (C=O) groups is 1. The quantitative estimate of drug-likeness (QED) is 0.451. The second-order valence-electron chi connectivity index (χ2n) is 9.69. The summed E-state index contributed by atoms with van der Waals surface area (Å²) in [6.45, 7) is 4.87. The first kappa shape index (κ1) is 23.0. The van der Waals surface area contributed by atoms with Crippen molar-refractivity contribution in [1.82, 2.24) is 25.3 Å². The van der Waals surface area contributed by atoms with Gasteiger partial charge in [-0.15, -0.1) is 0 Å². The number of carbonyl (C=O) groups excluding carboxylic acids is 1. The SMILES string of the molecule is C[C@@]1(C#N)COCc2ccc(C(=O)NCc3cc4cc(-c5cncc(N6CCC6)n5)cnc4cn3)cc21. The standard InChI is InChI=1S/C28H25N7O2/c1-28(16-29)17-37-15-19-4-3-18(9-23(19)28)27(36)33-11-22-8-20-7-21(10-32-24(20)13-31-22)25-12-30-14-26(34-25)35-5-2-6-35/h3-4,7-10,12-14H,2,5-6,11,15,17H2,1H3,(H,33,36)/t28-/m1/s1. The predicted octanol–water partition coefficient (Wildman–Crippen LogP) is 3.54. The zero-order valence-corrected chi connectivity index (χ0v) is 20.4. The molecular formula is C28H25N7O2. The van der Waals surface area contributed by atoms with Crippen LogP contribution in [0.3, 0.4) is 0 Å². The molecular weight excluding hydrogens is 466 g/mol. The molecule has 2 aliphatic rings. The summed E-state index contributed by atoms with van der Waals surface area (Å²) in [5, 5.41) is 13.5. The van der Waals surface area contributed by atoms with E-state index in [1.54, 1.807) is 36.9 Å². The van der Waals surface area contributed by atoms with Crippen LogP contribution in [0.2, 0.25) is 0 Å². The highest BCUT2D eigenvalue weighted by molar-refractivity contribution is 5.94. The molecule has 0 unspecified atom stereocenters. The molecule has 9 nitrogen and oxygen atoms in total. The monoisotopic (exact) mass is 491 g/mol. The number of pyridine rings is 2. The number of aromatic nitrogens is 4. The maximum absolute atomic E-state index is 12.9. The van der Waals surface area contributed by atoms with Gasteiger partial charge in [0, 0.05) is 35.8 Å². The smallest absolute Gasteiger partial charge is 0.251 e. The number of benzene rings is 1. The van der Waals surface area contributed by atoms with E-state index < -0.39 is 5.41 Å². The maximum Gasteiger partial charge on any atom is 0.251 e. The first-order chi connectivity index (χ1) is 18.0. The van der Waals surface area contributed by atoms with E-state index in [-0.39, 0.29) is 12.5 Å². The Hall–Kier alpha value is -4.42. The van der Waals surface area contributed by atoms with E-state index in [4.69, 9.17) is 9.72 Å². The Morgan fingerprint density at radius 2 is 2.05 bits per heavy atom. The van der Waals surface area contributed by atoms with E-state index in [9.17, 15) is 10.1 Å². The number of nitriles is 1. The van der Waals surface area contributed by atoms with Gasteiger partial charge in [-0.05, 0) is 48.7 Å². The van der Waals surface area contributed by atoms with Crippen LogP contribution in [0.5, 0.6) is 0 Å². The lowest BCUT2D eigenvalue weighted by atomic mass is 9.79. The third kappa shape index (κ3) is 4.36. The van der Waals surface area contributed by atoms with E-state index in [0.717, 1.165) is 52.2 Å². The summed E-state index contributed by atoms with van der Waals surface area (Å²) in [6.07, 6.45) is 8.21. The second-order valence-corrected chi connectivity index (χ2v) is 9.69. The number of nitrogens with zero attached hydrogens (tertiary/aromatic N) is 6. The van der Waals surface area contributed by atoms with Crippen molar-refractivity contribution in [2.75, 3.05) is 24.6 Å². The van der Waals surface area contributed by atoms with Gasteiger partial charge in [0.1, 0.15) is 11.2 Å². The first-order valence-electron chi connectivity index (χ1n) is 12.3. The highest BCUT2D eigenvalue weighted by Crippen LogP contribution is 2.32. The number of ether oxygens (including phenoxy) is 1. The van der Waals surface area contributed by atoms with Gasteiger partial charge < -0.3 is 15.0 Å². The Kier molecular flexibility index (Phi) is 5.74.